The highest BCUT2D eigenvalue weighted by Crippen LogP contribution is 1.98. The molecule has 4 nitrogen and oxygen atoms in total. The average Bonchev–Trinajstić information content (AvgIpc) is 2.23. The van der Waals surface area contributed by atoms with Gasteiger partial charge in [0, 0.05) is 39.6 Å². The molecule has 0 aromatic carbocycles. The van der Waals surface area contributed by atoms with E-state index in [0.717, 1.165) is 32.7 Å². The summed E-state index contributed by atoms with van der Waals surface area (Å²) in [7, 11) is 2.13. The van der Waals surface area contributed by atoms with Crippen LogP contribution < -0.4 is 0 Å². The molecule has 0 N–H and O–H groups in total. The molecule has 0 aromatic heterocycles. The molecule has 1 heterocycles. The lowest BCUT2D eigenvalue weighted by Crippen LogP contribution is -2.45. The molecule has 0 amide bonds. The number of hydrogen-bond acceptors (Lipinski definition) is 4. The van der Waals surface area contributed by atoms with E-state index in [0.29, 0.717) is 6.61 Å². The molecule has 4 heteroatoms. The number of ether oxygens (including phenoxy) is 1. The van der Waals surface area contributed by atoms with Gasteiger partial charge in [-0.15, -0.1) is 0 Å². The van der Waals surface area contributed by atoms with Crippen molar-refractivity contribution in [3.05, 3.63) is 0 Å². The second-order valence-corrected chi connectivity index (χ2v) is 3.48. The Hall–Kier alpha value is -0.610. The number of nitrogens with zero attached hydrogens (tertiary/aromatic N) is 2. The van der Waals surface area contributed by atoms with Gasteiger partial charge in [-0.25, -0.2) is 0 Å². The van der Waals surface area contributed by atoms with Crippen LogP contribution in [-0.2, 0) is 9.53 Å². The fourth-order valence-corrected chi connectivity index (χ4v) is 1.39. The van der Waals surface area contributed by atoms with E-state index in [1.54, 1.807) is 0 Å². The van der Waals surface area contributed by atoms with E-state index < -0.39 is 0 Å². The van der Waals surface area contributed by atoms with Crippen molar-refractivity contribution in [1.29, 1.82) is 0 Å². The second kappa shape index (κ2) is 8.68. The summed E-state index contributed by atoms with van der Waals surface area (Å²) < 4.78 is 4.88. The van der Waals surface area contributed by atoms with E-state index in [-0.39, 0.29) is 5.97 Å². The van der Waals surface area contributed by atoms with Gasteiger partial charge in [0.05, 0.1) is 0 Å². The van der Waals surface area contributed by atoms with Gasteiger partial charge in [-0.2, -0.15) is 0 Å². The molecule has 0 atom stereocenters. The first kappa shape index (κ1) is 14.4. The lowest BCUT2D eigenvalue weighted by Gasteiger charge is -2.31. The Balaban J connectivity index is 0.000000921. The van der Waals surface area contributed by atoms with Crippen molar-refractivity contribution in [3.8, 4) is 0 Å². The van der Waals surface area contributed by atoms with Crippen molar-refractivity contribution in [2.75, 3.05) is 46.4 Å². The normalized spacial score (nSPS) is 17.9. The summed E-state index contributed by atoms with van der Waals surface area (Å²) in [4.78, 5) is 15.1. The zero-order valence-electron chi connectivity index (χ0n) is 10.5. The number of rotatable bonds is 3. The van der Waals surface area contributed by atoms with Crippen LogP contribution in [0, 0.1) is 0 Å². The van der Waals surface area contributed by atoms with Gasteiger partial charge < -0.3 is 9.64 Å². The van der Waals surface area contributed by atoms with Crippen LogP contribution in [0.4, 0.5) is 0 Å². The molecule has 0 spiro atoms. The van der Waals surface area contributed by atoms with Gasteiger partial charge in [-0.1, -0.05) is 13.8 Å². The Morgan fingerprint density at radius 1 is 1.20 bits per heavy atom. The molecule has 1 aliphatic rings. The lowest BCUT2D eigenvalue weighted by atomic mass is 10.3. The summed E-state index contributed by atoms with van der Waals surface area (Å²) in [5, 5.41) is 0. The van der Waals surface area contributed by atoms with Gasteiger partial charge in [-0.05, 0) is 7.05 Å². The second-order valence-electron chi connectivity index (χ2n) is 3.48. The zero-order valence-corrected chi connectivity index (χ0v) is 10.5. The minimum atomic E-state index is -0.186. The Morgan fingerprint density at radius 2 is 1.73 bits per heavy atom. The van der Waals surface area contributed by atoms with Crippen LogP contribution in [0.15, 0.2) is 0 Å². The lowest BCUT2D eigenvalue weighted by molar-refractivity contribution is -0.141. The maximum Gasteiger partial charge on any atom is 0.302 e. The van der Waals surface area contributed by atoms with E-state index in [4.69, 9.17) is 4.74 Å². The maximum atomic E-state index is 10.5. The van der Waals surface area contributed by atoms with Crippen LogP contribution >= 0.6 is 0 Å². The Kier molecular flexibility index (Phi) is 8.33. The van der Waals surface area contributed by atoms with E-state index in [9.17, 15) is 4.79 Å². The van der Waals surface area contributed by atoms with Crippen LogP contribution in [0.5, 0.6) is 0 Å². The van der Waals surface area contributed by atoms with E-state index >= 15 is 0 Å². The Bertz CT molecular complexity index is 166. The van der Waals surface area contributed by atoms with Crippen LogP contribution in [0.25, 0.3) is 0 Å². The molecule has 1 rings (SSSR count). The number of hydrogen-bond donors (Lipinski definition) is 0. The molecule has 0 bridgehead atoms. The van der Waals surface area contributed by atoms with Crippen molar-refractivity contribution in [1.82, 2.24) is 9.80 Å². The SMILES string of the molecule is CC.CC(=O)OCCN1CCN(C)CC1. The quantitative estimate of drug-likeness (QED) is 0.654. The molecule has 0 aromatic rings. The number of carbonyl (C=O) groups is 1. The van der Waals surface area contributed by atoms with Crippen LogP contribution in [-0.4, -0.2) is 62.1 Å². The van der Waals surface area contributed by atoms with Crippen molar-refractivity contribution in [2.24, 2.45) is 0 Å². The van der Waals surface area contributed by atoms with Crippen molar-refractivity contribution >= 4 is 5.97 Å². The summed E-state index contributed by atoms with van der Waals surface area (Å²) in [5.74, 6) is -0.186. The highest BCUT2D eigenvalue weighted by atomic mass is 16.5. The van der Waals surface area contributed by atoms with Gasteiger partial charge in [-0.3, -0.25) is 9.69 Å². The Labute approximate surface area is 93.2 Å². The molecule has 0 saturated carbocycles. The largest absolute Gasteiger partial charge is 0.465 e. The van der Waals surface area contributed by atoms with Gasteiger partial charge in [0.2, 0.25) is 0 Å². The van der Waals surface area contributed by atoms with Crippen LogP contribution in [0.2, 0.25) is 0 Å². The third-order valence-corrected chi connectivity index (χ3v) is 2.31. The number of likely N-dealkylation sites (N-methyl/N-ethyl adjacent to an activating group) is 1. The van der Waals surface area contributed by atoms with Crippen molar-refractivity contribution in [2.45, 2.75) is 20.8 Å². The van der Waals surface area contributed by atoms with Crippen LogP contribution in [0.3, 0.4) is 0 Å². The van der Waals surface area contributed by atoms with Gasteiger partial charge >= 0.3 is 5.97 Å². The summed E-state index contributed by atoms with van der Waals surface area (Å²) in [5.41, 5.74) is 0. The summed E-state index contributed by atoms with van der Waals surface area (Å²) in [6.07, 6.45) is 0. The standard InChI is InChI=1S/C9H18N2O2.C2H6/c1-9(12)13-8-7-11-5-3-10(2)4-6-11;1-2/h3-8H2,1-2H3;1-2H3. The molecule has 0 aliphatic carbocycles. The first-order valence-corrected chi connectivity index (χ1v) is 5.73. The van der Waals surface area contributed by atoms with Gasteiger partial charge in [0.1, 0.15) is 6.61 Å². The number of carbonyl (C=O) groups excluding carboxylic acids is 1. The van der Waals surface area contributed by atoms with Crippen molar-refractivity contribution in [3.63, 3.8) is 0 Å². The summed E-state index contributed by atoms with van der Waals surface area (Å²) >= 11 is 0. The van der Waals surface area contributed by atoms with Crippen molar-refractivity contribution < 1.29 is 9.53 Å². The first-order valence-electron chi connectivity index (χ1n) is 5.73. The predicted molar refractivity (Wildman–Crippen MR) is 61.9 cm³/mol. The molecule has 1 aliphatic heterocycles. The highest BCUT2D eigenvalue weighted by molar-refractivity contribution is 5.65. The predicted octanol–water partition coefficient (Wildman–Crippen LogP) is 0.823. The monoisotopic (exact) mass is 216 g/mol. The smallest absolute Gasteiger partial charge is 0.302 e. The molecular formula is C11H24N2O2. The van der Waals surface area contributed by atoms with Crippen LogP contribution in [0.1, 0.15) is 20.8 Å². The zero-order chi connectivity index (χ0) is 11.7. The molecule has 1 saturated heterocycles. The fourth-order valence-electron chi connectivity index (χ4n) is 1.39. The third-order valence-electron chi connectivity index (χ3n) is 2.31. The van der Waals surface area contributed by atoms with E-state index in [1.165, 1.54) is 6.92 Å². The molecule has 0 radical (unpaired) electrons. The first-order chi connectivity index (χ1) is 7.18. The molecule has 15 heavy (non-hydrogen) atoms. The number of piperazine rings is 1. The van der Waals surface area contributed by atoms with Gasteiger partial charge in [0.15, 0.2) is 0 Å². The average molecular weight is 216 g/mol. The molecule has 0 unspecified atom stereocenters. The molecular weight excluding hydrogens is 192 g/mol. The highest BCUT2D eigenvalue weighted by Gasteiger charge is 2.12. The number of esters is 1. The third kappa shape index (κ3) is 7.33. The minimum Gasteiger partial charge on any atom is -0.465 e. The molecule has 90 valence electrons. The maximum absolute atomic E-state index is 10.5. The topological polar surface area (TPSA) is 32.8 Å². The minimum absolute atomic E-state index is 0.186. The summed E-state index contributed by atoms with van der Waals surface area (Å²) in [6, 6.07) is 0. The molecule has 1 fully saturated rings. The van der Waals surface area contributed by atoms with Gasteiger partial charge in [0.25, 0.3) is 0 Å². The van der Waals surface area contributed by atoms with E-state index in [1.807, 2.05) is 13.8 Å². The van der Waals surface area contributed by atoms with E-state index in [2.05, 4.69) is 16.8 Å². The fraction of sp³-hybridized carbons (Fsp3) is 0.909. The Morgan fingerprint density at radius 3 is 2.20 bits per heavy atom. The summed E-state index contributed by atoms with van der Waals surface area (Å²) in [6.45, 7) is 11.2.